The summed E-state index contributed by atoms with van der Waals surface area (Å²) in [6, 6.07) is 7.15. The van der Waals surface area contributed by atoms with Crippen LogP contribution in [0.15, 0.2) is 24.3 Å². The summed E-state index contributed by atoms with van der Waals surface area (Å²) in [6.07, 6.45) is 3.30. The summed E-state index contributed by atoms with van der Waals surface area (Å²) in [4.78, 5) is 23.1. The Labute approximate surface area is 112 Å². The number of rotatable bonds is 6. The molecule has 2 rings (SSSR count). The third-order valence-electron chi connectivity index (χ3n) is 2.98. The quantitative estimate of drug-likeness (QED) is 0.529. The van der Waals surface area contributed by atoms with Crippen LogP contribution in [0.4, 0.5) is 5.69 Å². The highest BCUT2D eigenvalue weighted by atomic mass is 16.2. The molecule has 4 N–H and O–H groups in total. The number of nitrogens with two attached hydrogens (primary N) is 1. The number of hydrogen-bond acceptors (Lipinski definition) is 3. The summed E-state index contributed by atoms with van der Waals surface area (Å²) in [5.41, 5.74) is 6.76. The Balaban J connectivity index is 1.63. The van der Waals surface area contributed by atoms with Gasteiger partial charge in [-0.2, -0.15) is 0 Å². The Kier molecular flexibility index (Phi) is 4.39. The van der Waals surface area contributed by atoms with Crippen LogP contribution in [0.3, 0.4) is 0 Å². The molecule has 5 heteroatoms. The lowest BCUT2D eigenvalue weighted by Gasteiger charge is -2.06. The molecular formula is C14H19N3O2. The molecule has 1 aromatic carbocycles. The zero-order valence-corrected chi connectivity index (χ0v) is 10.8. The molecule has 102 valence electrons. The number of carbonyl (C=O) groups is 2. The van der Waals surface area contributed by atoms with E-state index in [0.29, 0.717) is 36.7 Å². The molecule has 0 saturated heterocycles. The molecule has 0 radical (unpaired) electrons. The largest absolute Gasteiger partial charge is 0.399 e. The van der Waals surface area contributed by atoms with Crippen molar-refractivity contribution in [2.45, 2.75) is 31.7 Å². The van der Waals surface area contributed by atoms with Gasteiger partial charge in [-0.3, -0.25) is 9.59 Å². The van der Waals surface area contributed by atoms with E-state index in [4.69, 9.17) is 5.73 Å². The van der Waals surface area contributed by atoms with Crippen molar-refractivity contribution in [3.05, 3.63) is 29.8 Å². The van der Waals surface area contributed by atoms with Gasteiger partial charge in [0.15, 0.2) is 0 Å². The maximum Gasteiger partial charge on any atom is 0.251 e. The Hall–Kier alpha value is -2.04. The Morgan fingerprint density at radius 1 is 1.21 bits per heavy atom. The first-order valence-corrected chi connectivity index (χ1v) is 6.58. The van der Waals surface area contributed by atoms with Crippen molar-refractivity contribution in [3.63, 3.8) is 0 Å². The summed E-state index contributed by atoms with van der Waals surface area (Å²) >= 11 is 0. The smallest absolute Gasteiger partial charge is 0.251 e. The molecule has 1 aliphatic rings. The second-order valence-corrected chi connectivity index (χ2v) is 4.82. The predicted molar refractivity (Wildman–Crippen MR) is 73.6 cm³/mol. The summed E-state index contributed by atoms with van der Waals surface area (Å²) in [5, 5.41) is 5.70. The second kappa shape index (κ2) is 6.22. The highest BCUT2D eigenvalue weighted by Gasteiger charge is 2.22. The minimum absolute atomic E-state index is 0.0734. The summed E-state index contributed by atoms with van der Waals surface area (Å²) in [6.45, 7) is 0.501. The zero-order chi connectivity index (χ0) is 13.7. The third-order valence-corrected chi connectivity index (χ3v) is 2.98. The summed E-state index contributed by atoms with van der Waals surface area (Å²) < 4.78 is 0. The Morgan fingerprint density at radius 3 is 2.53 bits per heavy atom. The van der Waals surface area contributed by atoms with Gasteiger partial charge in [-0.05, 0) is 43.5 Å². The van der Waals surface area contributed by atoms with Gasteiger partial charge in [-0.1, -0.05) is 0 Å². The average molecular weight is 261 g/mol. The van der Waals surface area contributed by atoms with Crippen LogP contribution in [0.1, 0.15) is 36.0 Å². The van der Waals surface area contributed by atoms with E-state index in [-0.39, 0.29) is 11.8 Å². The van der Waals surface area contributed by atoms with Crippen molar-refractivity contribution in [1.82, 2.24) is 10.6 Å². The van der Waals surface area contributed by atoms with Crippen molar-refractivity contribution < 1.29 is 9.59 Å². The molecule has 5 nitrogen and oxygen atoms in total. The lowest BCUT2D eigenvalue weighted by atomic mass is 10.2. The van der Waals surface area contributed by atoms with E-state index in [2.05, 4.69) is 10.6 Å². The van der Waals surface area contributed by atoms with Gasteiger partial charge in [-0.25, -0.2) is 0 Å². The van der Waals surface area contributed by atoms with Crippen LogP contribution in [-0.2, 0) is 4.79 Å². The van der Waals surface area contributed by atoms with Crippen LogP contribution < -0.4 is 16.4 Å². The monoisotopic (exact) mass is 261 g/mol. The van der Waals surface area contributed by atoms with Gasteiger partial charge in [0.1, 0.15) is 0 Å². The molecule has 1 saturated carbocycles. The first-order valence-electron chi connectivity index (χ1n) is 6.58. The second-order valence-electron chi connectivity index (χ2n) is 4.82. The SMILES string of the molecule is Nc1ccc(C(=O)NCCCC(=O)NC2CC2)cc1. The molecule has 1 aromatic rings. The average Bonchev–Trinajstić information content (AvgIpc) is 3.19. The van der Waals surface area contributed by atoms with Crippen molar-refractivity contribution in [3.8, 4) is 0 Å². The van der Waals surface area contributed by atoms with Crippen LogP contribution >= 0.6 is 0 Å². The van der Waals surface area contributed by atoms with Crippen molar-refractivity contribution in [2.75, 3.05) is 12.3 Å². The van der Waals surface area contributed by atoms with Crippen molar-refractivity contribution in [1.29, 1.82) is 0 Å². The maximum atomic E-state index is 11.7. The van der Waals surface area contributed by atoms with Gasteiger partial charge in [0.05, 0.1) is 0 Å². The molecule has 19 heavy (non-hydrogen) atoms. The third kappa shape index (κ3) is 4.62. The number of amides is 2. The van der Waals surface area contributed by atoms with Crippen LogP contribution in [0.2, 0.25) is 0 Å². The van der Waals surface area contributed by atoms with Crippen LogP contribution in [0, 0.1) is 0 Å². The fraction of sp³-hybridized carbons (Fsp3) is 0.429. The van der Waals surface area contributed by atoms with Gasteiger partial charge in [0.25, 0.3) is 5.91 Å². The molecule has 2 amide bonds. The standard InChI is InChI=1S/C14H19N3O2/c15-11-5-3-10(4-6-11)14(19)16-9-1-2-13(18)17-12-7-8-12/h3-6,12H,1-2,7-9,15H2,(H,16,19)(H,17,18). The van der Waals surface area contributed by atoms with Crippen LogP contribution in [-0.4, -0.2) is 24.4 Å². The van der Waals surface area contributed by atoms with Crippen LogP contribution in [0.25, 0.3) is 0 Å². The van der Waals surface area contributed by atoms with E-state index in [1.807, 2.05) is 0 Å². The number of anilines is 1. The van der Waals surface area contributed by atoms with E-state index >= 15 is 0 Å². The highest BCUT2D eigenvalue weighted by molar-refractivity contribution is 5.94. The molecule has 0 atom stereocenters. The molecule has 0 heterocycles. The number of carbonyl (C=O) groups excluding carboxylic acids is 2. The number of hydrogen-bond donors (Lipinski definition) is 3. The fourth-order valence-corrected chi connectivity index (χ4v) is 1.71. The van der Waals surface area contributed by atoms with Gasteiger partial charge in [-0.15, -0.1) is 0 Å². The Bertz CT molecular complexity index is 452. The normalized spacial score (nSPS) is 13.9. The molecular weight excluding hydrogens is 242 g/mol. The topological polar surface area (TPSA) is 84.2 Å². The van der Waals surface area contributed by atoms with E-state index in [1.165, 1.54) is 0 Å². The van der Waals surface area contributed by atoms with E-state index in [9.17, 15) is 9.59 Å². The molecule has 0 unspecified atom stereocenters. The molecule has 0 spiro atoms. The number of nitrogen functional groups attached to an aromatic ring is 1. The minimum Gasteiger partial charge on any atom is -0.399 e. The van der Waals surface area contributed by atoms with Gasteiger partial charge in [0.2, 0.25) is 5.91 Å². The highest BCUT2D eigenvalue weighted by Crippen LogP contribution is 2.18. The first-order chi connectivity index (χ1) is 9.15. The van der Waals surface area contributed by atoms with E-state index in [0.717, 1.165) is 12.8 Å². The summed E-state index contributed by atoms with van der Waals surface area (Å²) in [7, 11) is 0. The molecule has 1 fully saturated rings. The first kappa shape index (κ1) is 13.4. The van der Waals surface area contributed by atoms with E-state index in [1.54, 1.807) is 24.3 Å². The maximum absolute atomic E-state index is 11.7. The van der Waals surface area contributed by atoms with Crippen molar-refractivity contribution in [2.24, 2.45) is 0 Å². The molecule has 0 aliphatic heterocycles. The molecule has 1 aliphatic carbocycles. The minimum atomic E-state index is -0.136. The lowest BCUT2D eigenvalue weighted by Crippen LogP contribution is -2.28. The number of nitrogens with one attached hydrogen (secondary N) is 2. The lowest BCUT2D eigenvalue weighted by molar-refractivity contribution is -0.121. The van der Waals surface area contributed by atoms with Gasteiger partial charge in [0, 0.05) is 30.3 Å². The molecule has 0 aromatic heterocycles. The number of benzene rings is 1. The molecule has 0 bridgehead atoms. The zero-order valence-electron chi connectivity index (χ0n) is 10.8. The van der Waals surface area contributed by atoms with Crippen molar-refractivity contribution >= 4 is 17.5 Å². The Morgan fingerprint density at radius 2 is 1.89 bits per heavy atom. The van der Waals surface area contributed by atoms with E-state index < -0.39 is 0 Å². The fourth-order valence-electron chi connectivity index (χ4n) is 1.71. The van der Waals surface area contributed by atoms with Gasteiger partial charge < -0.3 is 16.4 Å². The van der Waals surface area contributed by atoms with Gasteiger partial charge >= 0.3 is 0 Å². The summed E-state index contributed by atoms with van der Waals surface area (Å²) in [5.74, 6) is -0.0631. The predicted octanol–water partition coefficient (Wildman–Crippen LogP) is 1.06. The van der Waals surface area contributed by atoms with Crippen LogP contribution in [0.5, 0.6) is 0 Å².